The smallest absolute Gasteiger partial charge is 0.459 e. The lowest BCUT2D eigenvalue weighted by atomic mass is 10.0. The highest BCUT2D eigenvalue weighted by molar-refractivity contribution is 7.52. The molecule has 14 heteroatoms. The molecule has 37 heavy (non-hydrogen) atoms. The molecule has 0 saturated carbocycles. The van der Waals surface area contributed by atoms with Crippen LogP contribution >= 0.6 is 7.75 Å². The van der Waals surface area contributed by atoms with Crippen LogP contribution in [0.4, 0.5) is 0 Å². The maximum absolute atomic E-state index is 13.8. The Morgan fingerprint density at radius 1 is 1.35 bits per heavy atom. The Balaban J connectivity index is 1.94. The highest BCUT2D eigenvalue weighted by atomic mass is 31.2. The van der Waals surface area contributed by atoms with Gasteiger partial charge in [-0.15, -0.1) is 0 Å². The number of nitriles is 1. The molecule has 1 aromatic carbocycles. The summed E-state index contributed by atoms with van der Waals surface area (Å²) in [6, 6.07) is 8.08. The van der Waals surface area contributed by atoms with Gasteiger partial charge < -0.3 is 19.1 Å². The maximum Gasteiger partial charge on any atom is 0.459 e. The Kier molecular flexibility index (Phi) is 8.13. The molecule has 2 heterocycles. The fraction of sp³-hybridized carbons (Fsp3) is 0.478. The summed E-state index contributed by atoms with van der Waals surface area (Å²) in [6.45, 7) is 2.81. The minimum atomic E-state index is -4.75. The van der Waals surface area contributed by atoms with Crippen molar-refractivity contribution >= 4 is 13.7 Å². The number of rotatable bonds is 10. The number of carbonyl (C=O) groups is 1. The number of carbonyl (C=O) groups excluding carboxylic acids is 1. The van der Waals surface area contributed by atoms with Crippen molar-refractivity contribution in [3.63, 3.8) is 0 Å². The van der Waals surface area contributed by atoms with E-state index in [0.29, 0.717) is 0 Å². The van der Waals surface area contributed by atoms with Gasteiger partial charge in [0, 0.05) is 11.8 Å². The predicted octanol–water partition coefficient (Wildman–Crippen LogP) is 1.38. The van der Waals surface area contributed by atoms with Crippen LogP contribution in [0.5, 0.6) is 5.75 Å². The number of aryl methyl sites for hydroxylation is 1. The lowest BCUT2D eigenvalue weighted by Crippen LogP contribution is -2.37. The summed E-state index contributed by atoms with van der Waals surface area (Å²) in [6.07, 6.45) is -4.75. The van der Waals surface area contributed by atoms with E-state index in [1.54, 1.807) is 38.1 Å². The van der Waals surface area contributed by atoms with Crippen molar-refractivity contribution in [2.24, 2.45) is 5.92 Å². The van der Waals surface area contributed by atoms with E-state index in [9.17, 15) is 29.3 Å². The molecule has 1 aliphatic heterocycles. The monoisotopic (exact) mass is 538 g/mol. The quantitative estimate of drug-likeness (QED) is 0.293. The second-order valence-corrected chi connectivity index (χ2v) is 10.1. The molecular weight excluding hydrogens is 507 g/mol. The minimum Gasteiger partial charge on any atom is -0.462 e. The molecule has 200 valence electrons. The van der Waals surface area contributed by atoms with Gasteiger partial charge in [-0.1, -0.05) is 18.2 Å². The van der Waals surface area contributed by atoms with Crippen LogP contribution in [0.15, 0.2) is 46.1 Å². The molecule has 1 aromatic heterocycles. The van der Waals surface area contributed by atoms with Gasteiger partial charge in [0.2, 0.25) is 0 Å². The van der Waals surface area contributed by atoms with E-state index in [-0.39, 0.29) is 11.3 Å². The number of aliphatic hydroxyl groups excluding tert-OH is 1. The second kappa shape index (κ2) is 11.9. The molecule has 0 spiro atoms. The highest BCUT2D eigenvalue weighted by Crippen LogP contribution is 2.46. The molecule has 0 amide bonds. The molecule has 0 radical (unpaired) electrons. The van der Waals surface area contributed by atoms with Gasteiger partial charge in [-0.05, 0) is 39.8 Å². The molecule has 1 unspecified atom stereocenters. The van der Waals surface area contributed by atoms with Gasteiger partial charge in [0.15, 0.2) is 6.23 Å². The number of ether oxygens (including phenoxy) is 2. The molecule has 0 aliphatic carbocycles. The summed E-state index contributed by atoms with van der Waals surface area (Å²) in [4.78, 5) is 38.5. The molecular formula is C23H29N4O9P. The third-order valence-corrected chi connectivity index (χ3v) is 6.66. The van der Waals surface area contributed by atoms with Gasteiger partial charge in [0.1, 0.15) is 29.9 Å². The zero-order valence-corrected chi connectivity index (χ0v) is 21.4. The first-order valence-corrected chi connectivity index (χ1v) is 12.8. The number of para-hydroxylation sites is 1. The Morgan fingerprint density at radius 3 is 2.65 bits per heavy atom. The number of hydrogen-bond acceptors (Lipinski definition) is 10. The van der Waals surface area contributed by atoms with Crippen molar-refractivity contribution < 1.29 is 35.7 Å². The molecule has 0 bridgehead atoms. The van der Waals surface area contributed by atoms with Gasteiger partial charge >= 0.3 is 19.4 Å². The maximum atomic E-state index is 13.8. The van der Waals surface area contributed by atoms with Crippen molar-refractivity contribution in [3.05, 3.63) is 62.9 Å². The molecule has 1 aliphatic rings. The molecule has 13 nitrogen and oxygen atoms in total. The van der Waals surface area contributed by atoms with Gasteiger partial charge in [0.25, 0.3) is 5.56 Å². The summed E-state index contributed by atoms with van der Waals surface area (Å²) in [5.74, 6) is -2.30. The summed E-state index contributed by atoms with van der Waals surface area (Å²) in [7, 11) is -4.75. The van der Waals surface area contributed by atoms with E-state index < -0.39 is 68.0 Å². The first-order valence-electron chi connectivity index (χ1n) is 12.3. The van der Waals surface area contributed by atoms with Crippen LogP contribution in [-0.4, -0.2) is 51.5 Å². The van der Waals surface area contributed by atoms with E-state index in [1.165, 1.54) is 26.0 Å². The first-order chi connectivity index (χ1) is 18.2. The number of aromatic nitrogens is 2. The number of nitrogens with zero attached hydrogens (tertiary/aromatic N) is 2. The minimum absolute atomic E-state index is 0.00416. The van der Waals surface area contributed by atoms with Gasteiger partial charge in [-0.25, -0.2) is 9.36 Å². The van der Waals surface area contributed by atoms with Crippen molar-refractivity contribution in [3.8, 4) is 11.8 Å². The Labute approximate surface area is 215 Å². The molecule has 1 saturated heterocycles. The predicted molar refractivity (Wildman–Crippen MR) is 130 cm³/mol. The largest absolute Gasteiger partial charge is 0.462 e. The van der Waals surface area contributed by atoms with Crippen LogP contribution in [0.3, 0.4) is 0 Å². The first kappa shape index (κ1) is 25.4. The van der Waals surface area contributed by atoms with E-state index in [1.807, 2.05) is 4.98 Å². The number of H-pyrrole nitrogens is 1. The normalized spacial score (nSPS) is 24.9. The summed E-state index contributed by atoms with van der Waals surface area (Å²) < 4.78 is 53.0. The summed E-state index contributed by atoms with van der Waals surface area (Å²) >= 11 is 0. The van der Waals surface area contributed by atoms with Gasteiger partial charge in [-0.2, -0.15) is 10.3 Å². The number of hydrogen-bond donors (Lipinski definition) is 3. The van der Waals surface area contributed by atoms with Crippen LogP contribution in [0.25, 0.3) is 0 Å². The number of aliphatic hydroxyl groups is 1. The van der Waals surface area contributed by atoms with Crippen molar-refractivity contribution in [2.45, 2.75) is 58.3 Å². The SMILES string of the molecule is [2H]C([2H])(O[P@](=O)(N[C@@H](C)C(=O)OC(C)C)Oc1ccccc1)[C@@H]1O[C@H](n2cc(C)c(=O)[nH]c2=O)[C@H](C#N)C1O. The summed E-state index contributed by atoms with van der Waals surface area (Å²) in [5.41, 5.74) is -1.53. The Bertz CT molecular complexity index is 1390. The van der Waals surface area contributed by atoms with Crippen LogP contribution in [0.1, 0.15) is 35.3 Å². The Hall–Kier alpha value is -3.27. The lowest BCUT2D eigenvalue weighted by Gasteiger charge is -2.25. The molecule has 3 N–H and O–H groups in total. The zero-order valence-electron chi connectivity index (χ0n) is 22.5. The fourth-order valence-corrected chi connectivity index (χ4v) is 4.73. The van der Waals surface area contributed by atoms with Gasteiger partial charge in [-0.3, -0.25) is 23.7 Å². The second-order valence-electron chi connectivity index (χ2n) is 8.52. The number of esters is 1. The highest BCUT2D eigenvalue weighted by Gasteiger charge is 2.47. The molecule has 1 fully saturated rings. The number of benzene rings is 1. The van der Waals surface area contributed by atoms with Gasteiger partial charge in [0.05, 0.1) is 21.5 Å². The average molecular weight is 538 g/mol. The standard InChI is InChI=1S/C23H29N4O9P/c1-13(2)34-22(30)15(4)26-37(32,36-16-8-6-5-7-9-16)33-12-18-19(28)17(10-24)21(35-18)27-11-14(3)20(29)25-23(27)31/h5-9,11,13,15,17-19,21,28H,12H2,1-4H3,(H,26,32)(H,25,29,31)/t15-,17+,18-,19?,21-,37+/m0/s1/i12D2. The van der Waals surface area contributed by atoms with Crippen LogP contribution in [-0.2, 0) is 23.4 Å². The van der Waals surface area contributed by atoms with Crippen LogP contribution in [0.2, 0.25) is 0 Å². The van der Waals surface area contributed by atoms with E-state index >= 15 is 0 Å². The zero-order chi connectivity index (χ0) is 29.1. The Morgan fingerprint density at radius 2 is 2.03 bits per heavy atom. The topological polar surface area (TPSA) is 182 Å². The van der Waals surface area contributed by atoms with Crippen LogP contribution < -0.4 is 20.9 Å². The third kappa shape index (κ3) is 6.94. The van der Waals surface area contributed by atoms with Crippen LogP contribution in [0, 0.1) is 24.2 Å². The summed E-state index contributed by atoms with van der Waals surface area (Å²) in [5, 5.41) is 22.8. The number of nitrogens with one attached hydrogen (secondary N) is 2. The van der Waals surface area contributed by atoms with Crippen molar-refractivity contribution in [1.82, 2.24) is 14.6 Å². The fourth-order valence-electron chi connectivity index (χ4n) is 3.36. The average Bonchev–Trinajstić information content (AvgIpc) is 3.17. The van der Waals surface area contributed by atoms with E-state index in [0.717, 1.165) is 10.8 Å². The van der Waals surface area contributed by atoms with Crippen molar-refractivity contribution in [1.29, 1.82) is 5.26 Å². The molecule has 3 rings (SSSR count). The lowest BCUT2D eigenvalue weighted by molar-refractivity contribution is -0.149. The third-order valence-electron chi connectivity index (χ3n) is 5.16. The number of aromatic amines is 1. The molecule has 6 atom stereocenters. The van der Waals surface area contributed by atoms with E-state index in [2.05, 4.69) is 5.09 Å². The van der Waals surface area contributed by atoms with E-state index in [4.69, 9.17) is 21.3 Å². The van der Waals surface area contributed by atoms with Crippen molar-refractivity contribution in [2.75, 3.05) is 6.56 Å². The molecule has 2 aromatic rings.